The van der Waals surface area contributed by atoms with Crippen molar-refractivity contribution in [2.75, 3.05) is 26.2 Å². The summed E-state index contributed by atoms with van der Waals surface area (Å²) in [5.41, 5.74) is 4.19. The number of aromatic nitrogens is 2. The van der Waals surface area contributed by atoms with Gasteiger partial charge in [-0.2, -0.15) is 5.10 Å². The van der Waals surface area contributed by atoms with Gasteiger partial charge >= 0.3 is 0 Å². The van der Waals surface area contributed by atoms with Crippen molar-refractivity contribution in [3.8, 4) is 5.69 Å². The van der Waals surface area contributed by atoms with Crippen molar-refractivity contribution in [1.29, 1.82) is 0 Å². The highest BCUT2D eigenvalue weighted by atomic mass is 16.2. The lowest BCUT2D eigenvalue weighted by Crippen LogP contribution is -2.50. The second-order valence-corrected chi connectivity index (χ2v) is 7.55. The van der Waals surface area contributed by atoms with E-state index >= 15 is 0 Å². The van der Waals surface area contributed by atoms with Gasteiger partial charge in [-0.25, -0.2) is 4.68 Å². The minimum Gasteiger partial charge on any atom is -0.335 e. The average Bonchev–Trinajstić information content (AvgIpc) is 3.20. The number of hydrogen-bond donors (Lipinski definition) is 0. The zero-order valence-corrected chi connectivity index (χ0v) is 17.4. The van der Waals surface area contributed by atoms with Crippen LogP contribution in [0.15, 0.2) is 60.7 Å². The Bertz CT molecular complexity index is 1030. The predicted octanol–water partition coefficient (Wildman–Crippen LogP) is 3.34. The zero-order chi connectivity index (χ0) is 21.1. The highest BCUT2D eigenvalue weighted by molar-refractivity contribution is 5.95. The largest absolute Gasteiger partial charge is 0.335 e. The Labute approximate surface area is 176 Å². The molecule has 0 N–H and O–H groups in total. The van der Waals surface area contributed by atoms with Crippen LogP contribution < -0.4 is 0 Å². The van der Waals surface area contributed by atoms with Crippen LogP contribution in [-0.4, -0.2) is 57.6 Å². The normalized spacial score (nSPS) is 14.1. The number of piperazine rings is 1. The number of carbonyl (C=O) groups is 2. The van der Waals surface area contributed by atoms with E-state index in [1.807, 2.05) is 72.5 Å². The Morgan fingerprint density at radius 3 is 2.07 bits per heavy atom. The first-order chi connectivity index (χ1) is 14.6. The summed E-state index contributed by atoms with van der Waals surface area (Å²) in [5.74, 6) is -0.0684. The first-order valence-corrected chi connectivity index (χ1v) is 10.4. The molecule has 0 saturated carbocycles. The second-order valence-electron chi connectivity index (χ2n) is 7.55. The van der Waals surface area contributed by atoms with E-state index in [2.05, 4.69) is 12.0 Å². The van der Waals surface area contributed by atoms with Gasteiger partial charge in [0, 0.05) is 37.4 Å². The third-order valence-corrected chi connectivity index (χ3v) is 5.57. The maximum Gasteiger partial charge on any atom is 0.274 e. The summed E-state index contributed by atoms with van der Waals surface area (Å²) in [4.78, 5) is 29.3. The van der Waals surface area contributed by atoms with Gasteiger partial charge in [0.1, 0.15) is 0 Å². The monoisotopic (exact) mass is 402 g/mol. The lowest BCUT2D eigenvalue weighted by molar-refractivity contribution is 0.0532. The molecule has 1 saturated heterocycles. The standard InChI is InChI=1S/C24H26N4O2/c1-3-19-9-11-20(12-10-19)23(29)26-13-15-27(16-14-26)24(30)22-17-18(2)28(25-22)21-7-5-4-6-8-21/h4-12,17H,3,13-16H2,1-2H3. The van der Waals surface area contributed by atoms with Gasteiger partial charge in [-0.15, -0.1) is 0 Å². The van der Waals surface area contributed by atoms with Crippen LogP contribution in [0.4, 0.5) is 0 Å². The fourth-order valence-corrected chi connectivity index (χ4v) is 3.75. The molecular formula is C24H26N4O2. The first kappa shape index (κ1) is 19.9. The maximum absolute atomic E-state index is 13.0. The van der Waals surface area contributed by atoms with Crippen molar-refractivity contribution in [3.05, 3.63) is 83.2 Å². The van der Waals surface area contributed by atoms with Gasteiger partial charge < -0.3 is 9.80 Å². The van der Waals surface area contributed by atoms with Gasteiger partial charge in [0.05, 0.1) is 5.69 Å². The molecule has 2 aromatic carbocycles. The molecule has 2 heterocycles. The first-order valence-electron chi connectivity index (χ1n) is 10.4. The maximum atomic E-state index is 13.0. The van der Waals surface area contributed by atoms with Crippen LogP contribution in [0.5, 0.6) is 0 Å². The van der Waals surface area contributed by atoms with E-state index in [1.165, 1.54) is 5.56 Å². The zero-order valence-electron chi connectivity index (χ0n) is 17.4. The topological polar surface area (TPSA) is 58.4 Å². The van der Waals surface area contributed by atoms with E-state index in [1.54, 1.807) is 9.58 Å². The molecule has 30 heavy (non-hydrogen) atoms. The highest BCUT2D eigenvalue weighted by Crippen LogP contribution is 2.16. The number of nitrogens with zero attached hydrogens (tertiary/aromatic N) is 4. The van der Waals surface area contributed by atoms with E-state index in [-0.39, 0.29) is 11.8 Å². The van der Waals surface area contributed by atoms with E-state index in [9.17, 15) is 9.59 Å². The van der Waals surface area contributed by atoms with Crippen LogP contribution in [0, 0.1) is 6.92 Å². The summed E-state index contributed by atoms with van der Waals surface area (Å²) in [7, 11) is 0. The summed E-state index contributed by atoms with van der Waals surface area (Å²) in [6.45, 7) is 6.11. The van der Waals surface area contributed by atoms with Crippen LogP contribution in [0.3, 0.4) is 0 Å². The molecule has 0 radical (unpaired) electrons. The predicted molar refractivity (Wildman–Crippen MR) is 116 cm³/mol. The minimum absolute atomic E-state index is 0.0222. The quantitative estimate of drug-likeness (QED) is 0.673. The minimum atomic E-state index is -0.0906. The molecule has 0 bridgehead atoms. The van der Waals surface area contributed by atoms with Crippen molar-refractivity contribution >= 4 is 11.8 Å². The SMILES string of the molecule is CCc1ccc(C(=O)N2CCN(C(=O)c3cc(C)n(-c4ccccc4)n3)CC2)cc1. The van der Waals surface area contributed by atoms with Crippen LogP contribution in [0.2, 0.25) is 0 Å². The molecule has 0 spiro atoms. The van der Waals surface area contributed by atoms with E-state index in [0.29, 0.717) is 37.4 Å². The molecule has 1 aliphatic heterocycles. The summed E-state index contributed by atoms with van der Waals surface area (Å²) in [6, 6.07) is 19.4. The van der Waals surface area contributed by atoms with Crippen molar-refractivity contribution in [2.24, 2.45) is 0 Å². The van der Waals surface area contributed by atoms with E-state index in [0.717, 1.165) is 17.8 Å². The average molecular weight is 402 g/mol. The fraction of sp³-hybridized carbons (Fsp3) is 0.292. The van der Waals surface area contributed by atoms with Gasteiger partial charge in [0.25, 0.3) is 11.8 Å². The molecule has 0 aliphatic carbocycles. The Hall–Kier alpha value is -3.41. The molecular weight excluding hydrogens is 376 g/mol. The number of carbonyl (C=O) groups excluding carboxylic acids is 2. The Kier molecular flexibility index (Phi) is 5.65. The number of rotatable bonds is 4. The van der Waals surface area contributed by atoms with Crippen molar-refractivity contribution < 1.29 is 9.59 Å². The Morgan fingerprint density at radius 2 is 1.47 bits per heavy atom. The molecule has 1 aliphatic rings. The number of hydrogen-bond acceptors (Lipinski definition) is 3. The second kappa shape index (κ2) is 8.53. The van der Waals surface area contributed by atoms with Crippen LogP contribution in [0.1, 0.15) is 39.0 Å². The number of benzene rings is 2. The molecule has 4 rings (SSSR count). The van der Waals surface area contributed by atoms with Crippen molar-refractivity contribution in [3.63, 3.8) is 0 Å². The van der Waals surface area contributed by atoms with Crippen molar-refractivity contribution in [1.82, 2.24) is 19.6 Å². The summed E-state index contributed by atoms with van der Waals surface area (Å²) in [6.07, 6.45) is 0.953. The lowest BCUT2D eigenvalue weighted by atomic mass is 10.1. The smallest absolute Gasteiger partial charge is 0.274 e. The van der Waals surface area contributed by atoms with Crippen LogP contribution >= 0.6 is 0 Å². The van der Waals surface area contributed by atoms with Crippen molar-refractivity contribution in [2.45, 2.75) is 20.3 Å². The van der Waals surface area contributed by atoms with E-state index in [4.69, 9.17) is 0 Å². The fourth-order valence-electron chi connectivity index (χ4n) is 3.75. The number of amides is 2. The summed E-state index contributed by atoms with van der Waals surface area (Å²) < 4.78 is 1.78. The van der Waals surface area contributed by atoms with Gasteiger partial charge in [-0.3, -0.25) is 9.59 Å². The summed E-state index contributed by atoms with van der Waals surface area (Å²) in [5, 5.41) is 4.52. The van der Waals surface area contributed by atoms with Crippen LogP contribution in [-0.2, 0) is 6.42 Å². The van der Waals surface area contributed by atoms with Gasteiger partial charge in [-0.05, 0) is 49.2 Å². The molecule has 3 aromatic rings. The summed E-state index contributed by atoms with van der Waals surface area (Å²) >= 11 is 0. The molecule has 2 amide bonds. The molecule has 1 fully saturated rings. The van der Waals surface area contributed by atoms with Crippen LogP contribution in [0.25, 0.3) is 5.69 Å². The third-order valence-electron chi connectivity index (χ3n) is 5.57. The molecule has 1 aromatic heterocycles. The Balaban J connectivity index is 1.40. The lowest BCUT2D eigenvalue weighted by Gasteiger charge is -2.34. The molecule has 0 atom stereocenters. The molecule has 154 valence electrons. The molecule has 6 heteroatoms. The highest BCUT2D eigenvalue weighted by Gasteiger charge is 2.27. The Morgan fingerprint density at radius 1 is 0.867 bits per heavy atom. The van der Waals surface area contributed by atoms with Gasteiger partial charge in [-0.1, -0.05) is 37.3 Å². The number of aryl methyl sites for hydroxylation is 2. The van der Waals surface area contributed by atoms with Gasteiger partial charge in [0.15, 0.2) is 5.69 Å². The molecule has 0 unspecified atom stereocenters. The number of para-hydroxylation sites is 1. The van der Waals surface area contributed by atoms with Gasteiger partial charge in [0.2, 0.25) is 0 Å². The third kappa shape index (κ3) is 3.99. The molecule has 6 nitrogen and oxygen atoms in total. The van der Waals surface area contributed by atoms with E-state index < -0.39 is 0 Å².